The van der Waals surface area contributed by atoms with Gasteiger partial charge in [-0.05, 0) is 43.3 Å². The van der Waals surface area contributed by atoms with E-state index in [0.717, 1.165) is 20.4 Å². The highest BCUT2D eigenvalue weighted by atomic mass is 32.1. The smallest absolute Gasteiger partial charge is 0.251 e. The van der Waals surface area contributed by atoms with Crippen LogP contribution in [0.2, 0.25) is 0 Å². The standard InChI is InChI=1S/C19H18N6O2S2/c1-9(23-17(27)11-3-5-13-15(7-11)29-19(21)25-13)8-22-16(26)10-2-4-12-14(6-10)28-18(20)24-12/h2-7,9H,8H2,1H3,(H2,20,24)(H2,21,25)(H,22,26)(H,23,27)/t9-/m1/s1. The minimum atomic E-state index is -0.253. The van der Waals surface area contributed by atoms with Crippen molar-refractivity contribution in [3.63, 3.8) is 0 Å². The van der Waals surface area contributed by atoms with Crippen LogP contribution in [0.1, 0.15) is 27.6 Å². The van der Waals surface area contributed by atoms with Crippen molar-refractivity contribution in [1.82, 2.24) is 20.6 Å². The van der Waals surface area contributed by atoms with Crippen LogP contribution >= 0.6 is 22.7 Å². The highest BCUT2D eigenvalue weighted by Gasteiger charge is 2.14. The van der Waals surface area contributed by atoms with Gasteiger partial charge < -0.3 is 22.1 Å². The third kappa shape index (κ3) is 4.13. The molecule has 2 heterocycles. The SMILES string of the molecule is C[C@H](CNC(=O)c1ccc2nc(N)sc2c1)NC(=O)c1ccc2nc(N)sc2c1. The summed E-state index contributed by atoms with van der Waals surface area (Å²) >= 11 is 2.67. The summed E-state index contributed by atoms with van der Waals surface area (Å²) in [6.45, 7) is 2.12. The number of nitrogen functional groups attached to an aromatic ring is 2. The Hall–Kier alpha value is -3.24. The zero-order valence-electron chi connectivity index (χ0n) is 15.4. The number of benzene rings is 2. The quantitative estimate of drug-likeness (QED) is 0.387. The van der Waals surface area contributed by atoms with E-state index in [2.05, 4.69) is 20.6 Å². The summed E-state index contributed by atoms with van der Waals surface area (Å²) in [6.07, 6.45) is 0. The van der Waals surface area contributed by atoms with Gasteiger partial charge in [0.2, 0.25) is 0 Å². The molecule has 0 fully saturated rings. The van der Waals surface area contributed by atoms with Crippen LogP contribution in [-0.2, 0) is 0 Å². The summed E-state index contributed by atoms with van der Waals surface area (Å²) in [4.78, 5) is 33.3. The summed E-state index contributed by atoms with van der Waals surface area (Å²) < 4.78 is 1.71. The van der Waals surface area contributed by atoms with E-state index in [0.29, 0.717) is 27.9 Å². The molecule has 148 valence electrons. The number of rotatable bonds is 5. The van der Waals surface area contributed by atoms with E-state index in [1.54, 1.807) is 36.4 Å². The van der Waals surface area contributed by atoms with E-state index < -0.39 is 0 Å². The maximum Gasteiger partial charge on any atom is 0.251 e. The third-order valence-electron chi connectivity index (χ3n) is 4.28. The number of thiazole rings is 2. The first-order valence-corrected chi connectivity index (χ1v) is 10.4. The third-order valence-corrected chi connectivity index (χ3v) is 5.98. The molecule has 1 atom stereocenters. The maximum absolute atomic E-state index is 12.5. The van der Waals surface area contributed by atoms with Gasteiger partial charge in [0.05, 0.1) is 20.4 Å². The van der Waals surface area contributed by atoms with E-state index in [1.165, 1.54) is 22.7 Å². The van der Waals surface area contributed by atoms with Crippen LogP contribution in [0.3, 0.4) is 0 Å². The second-order valence-corrected chi connectivity index (χ2v) is 8.68. The molecule has 4 rings (SSSR count). The molecule has 2 aromatic heterocycles. The molecule has 0 aliphatic rings. The Bertz CT molecular complexity index is 1230. The Morgan fingerprint density at radius 1 is 0.931 bits per heavy atom. The van der Waals surface area contributed by atoms with Gasteiger partial charge in [-0.25, -0.2) is 9.97 Å². The molecule has 10 heteroatoms. The van der Waals surface area contributed by atoms with E-state index in [4.69, 9.17) is 11.5 Å². The van der Waals surface area contributed by atoms with Crippen molar-refractivity contribution in [3.05, 3.63) is 47.5 Å². The topological polar surface area (TPSA) is 136 Å². The first kappa shape index (κ1) is 19.1. The average Bonchev–Trinajstić information content (AvgIpc) is 3.24. The van der Waals surface area contributed by atoms with Crippen molar-refractivity contribution in [2.45, 2.75) is 13.0 Å². The fourth-order valence-electron chi connectivity index (χ4n) is 2.87. The fraction of sp³-hybridized carbons (Fsp3) is 0.158. The van der Waals surface area contributed by atoms with Crippen LogP contribution in [0, 0.1) is 0 Å². The monoisotopic (exact) mass is 426 g/mol. The number of carbonyl (C=O) groups excluding carboxylic acids is 2. The summed E-state index contributed by atoms with van der Waals surface area (Å²) in [7, 11) is 0. The lowest BCUT2D eigenvalue weighted by Crippen LogP contribution is -2.41. The van der Waals surface area contributed by atoms with Gasteiger partial charge in [0.15, 0.2) is 10.3 Å². The van der Waals surface area contributed by atoms with Gasteiger partial charge in [0.1, 0.15) is 0 Å². The van der Waals surface area contributed by atoms with Gasteiger partial charge in [-0.3, -0.25) is 9.59 Å². The van der Waals surface area contributed by atoms with Crippen molar-refractivity contribution < 1.29 is 9.59 Å². The average molecular weight is 427 g/mol. The zero-order valence-corrected chi connectivity index (χ0v) is 17.1. The molecule has 2 amide bonds. The summed E-state index contributed by atoms with van der Waals surface area (Å²) in [5.41, 5.74) is 14.0. The lowest BCUT2D eigenvalue weighted by Gasteiger charge is -2.15. The lowest BCUT2D eigenvalue weighted by molar-refractivity contribution is 0.0912. The Balaban J connectivity index is 1.36. The van der Waals surface area contributed by atoms with Gasteiger partial charge in [-0.1, -0.05) is 22.7 Å². The molecule has 6 N–H and O–H groups in total. The van der Waals surface area contributed by atoms with Crippen LogP contribution < -0.4 is 22.1 Å². The molecule has 0 spiro atoms. The summed E-state index contributed by atoms with van der Waals surface area (Å²) in [6, 6.07) is 10.2. The van der Waals surface area contributed by atoms with Gasteiger partial charge in [0.25, 0.3) is 11.8 Å². The first-order chi connectivity index (χ1) is 13.9. The molecule has 4 aromatic rings. The number of hydrogen-bond acceptors (Lipinski definition) is 8. The highest BCUT2D eigenvalue weighted by Crippen LogP contribution is 2.25. The number of amides is 2. The number of nitrogens with zero attached hydrogens (tertiary/aromatic N) is 2. The minimum Gasteiger partial charge on any atom is -0.375 e. The molecule has 0 bridgehead atoms. The van der Waals surface area contributed by atoms with E-state index >= 15 is 0 Å². The summed E-state index contributed by atoms with van der Waals surface area (Å²) in [5, 5.41) is 6.65. The predicted octanol–water partition coefficient (Wildman–Crippen LogP) is 2.62. The van der Waals surface area contributed by atoms with E-state index in [1.807, 2.05) is 6.92 Å². The van der Waals surface area contributed by atoms with Crippen LogP contribution in [0.25, 0.3) is 20.4 Å². The number of anilines is 2. The molecular formula is C19H18N6O2S2. The molecule has 0 radical (unpaired) electrons. The van der Waals surface area contributed by atoms with Crippen LogP contribution in [-0.4, -0.2) is 34.4 Å². The van der Waals surface area contributed by atoms with Gasteiger partial charge in [0, 0.05) is 23.7 Å². The largest absolute Gasteiger partial charge is 0.375 e. The molecule has 0 saturated heterocycles. The lowest BCUT2D eigenvalue weighted by atomic mass is 10.2. The number of aromatic nitrogens is 2. The Kier molecular flexibility index (Phi) is 5.03. The van der Waals surface area contributed by atoms with Crippen LogP contribution in [0.4, 0.5) is 10.3 Å². The Morgan fingerprint density at radius 2 is 1.45 bits per heavy atom. The molecule has 29 heavy (non-hydrogen) atoms. The zero-order chi connectivity index (χ0) is 20.5. The number of nitrogens with one attached hydrogen (secondary N) is 2. The van der Waals surface area contributed by atoms with E-state index in [9.17, 15) is 9.59 Å². The summed E-state index contributed by atoms with van der Waals surface area (Å²) in [5.74, 6) is -0.441. The highest BCUT2D eigenvalue weighted by molar-refractivity contribution is 7.22. The molecular weight excluding hydrogens is 408 g/mol. The number of hydrogen-bond donors (Lipinski definition) is 4. The van der Waals surface area contributed by atoms with Crippen molar-refractivity contribution in [2.75, 3.05) is 18.0 Å². The second kappa shape index (κ2) is 7.64. The molecule has 8 nitrogen and oxygen atoms in total. The number of carbonyl (C=O) groups is 2. The van der Waals surface area contributed by atoms with Crippen molar-refractivity contribution in [3.8, 4) is 0 Å². The Morgan fingerprint density at radius 3 is 2.00 bits per heavy atom. The van der Waals surface area contributed by atoms with Crippen molar-refractivity contribution in [1.29, 1.82) is 0 Å². The predicted molar refractivity (Wildman–Crippen MR) is 117 cm³/mol. The van der Waals surface area contributed by atoms with Crippen molar-refractivity contribution >= 4 is 65.2 Å². The van der Waals surface area contributed by atoms with Gasteiger partial charge in [-0.2, -0.15) is 0 Å². The second-order valence-electron chi connectivity index (χ2n) is 6.55. The molecule has 0 saturated carbocycles. The van der Waals surface area contributed by atoms with E-state index in [-0.39, 0.29) is 17.9 Å². The Labute approximate surface area is 173 Å². The molecule has 0 unspecified atom stereocenters. The molecule has 0 aliphatic heterocycles. The normalized spacial score (nSPS) is 12.2. The van der Waals surface area contributed by atoms with Crippen LogP contribution in [0.5, 0.6) is 0 Å². The first-order valence-electron chi connectivity index (χ1n) is 8.80. The van der Waals surface area contributed by atoms with Gasteiger partial charge in [-0.15, -0.1) is 0 Å². The minimum absolute atomic E-state index is 0.220. The van der Waals surface area contributed by atoms with Crippen molar-refractivity contribution in [2.24, 2.45) is 0 Å². The number of fused-ring (bicyclic) bond motifs is 2. The molecule has 2 aromatic carbocycles. The number of nitrogens with two attached hydrogens (primary N) is 2. The van der Waals surface area contributed by atoms with Crippen LogP contribution in [0.15, 0.2) is 36.4 Å². The fourth-order valence-corrected chi connectivity index (χ4v) is 4.42. The molecule has 0 aliphatic carbocycles. The van der Waals surface area contributed by atoms with Gasteiger partial charge >= 0.3 is 0 Å². The maximum atomic E-state index is 12.5.